The average molecular weight is 228 g/mol. The van der Waals surface area contributed by atoms with Gasteiger partial charge >= 0.3 is 0 Å². The van der Waals surface area contributed by atoms with Crippen LogP contribution in [0.2, 0.25) is 0 Å². The molecule has 1 aromatic carbocycles. The molecular weight excluding hydrogens is 212 g/mol. The molecule has 2 aromatic rings. The lowest BCUT2D eigenvalue weighted by Crippen LogP contribution is -1.90. The Bertz CT molecular complexity index is 463. The van der Waals surface area contributed by atoms with Gasteiger partial charge in [0.2, 0.25) is 0 Å². The molecule has 0 bridgehead atoms. The lowest BCUT2D eigenvalue weighted by atomic mass is 10.1. The second kappa shape index (κ2) is 5.34. The first-order valence-electron chi connectivity index (χ1n) is 5.76. The first kappa shape index (κ1) is 11.5. The minimum atomic E-state index is 0.496. The molecule has 0 radical (unpaired) electrons. The lowest BCUT2D eigenvalue weighted by Gasteiger charge is -2.06. The molecular formula is C14H16N2O. The summed E-state index contributed by atoms with van der Waals surface area (Å²) in [5.41, 5.74) is 6.84. The van der Waals surface area contributed by atoms with Gasteiger partial charge in [0.25, 0.3) is 0 Å². The molecule has 0 amide bonds. The van der Waals surface area contributed by atoms with E-state index in [1.807, 2.05) is 18.2 Å². The summed E-state index contributed by atoms with van der Waals surface area (Å²) >= 11 is 0. The summed E-state index contributed by atoms with van der Waals surface area (Å²) in [6.45, 7) is 2.17. The Morgan fingerprint density at radius 2 is 1.76 bits per heavy atom. The molecule has 88 valence electrons. The first-order valence-corrected chi connectivity index (χ1v) is 5.76. The number of nitrogen functional groups attached to an aromatic ring is 1. The van der Waals surface area contributed by atoms with Crippen LogP contribution in [0.25, 0.3) is 0 Å². The molecule has 0 aliphatic heterocycles. The number of hydrogen-bond acceptors (Lipinski definition) is 3. The number of nitrogens with two attached hydrogens (primary N) is 1. The fourth-order valence-electron chi connectivity index (χ4n) is 1.60. The third-order valence-corrected chi connectivity index (χ3v) is 2.46. The van der Waals surface area contributed by atoms with Gasteiger partial charge in [0.05, 0.1) is 6.20 Å². The summed E-state index contributed by atoms with van der Waals surface area (Å²) in [6, 6.07) is 11.7. The maximum atomic E-state index is 5.65. The van der Waals surface area contributed by atoms with Crippen LogP contribution in [0.5, 0.6) is 11.5 Å². The summed E-state index contributed by atoms with van der Waals surface area (Å²) in [5.74, 6) is 2.01. The van der Waals surface area contributed by atoms with Crippen molar-refractivity contribution in [3.63, 3.8) is 0 Å². The number of benzene rings is 1. The number of ether oxygens (including phenoxy) is 1. The van der Waals surface area contributed by atoms with Crippen molar-refractivity contribution in [3.8, 4) is 11.5 Å². The van der Waals surface area contributed by atoms with Crippen molar-refractivity contribution in [2.45, 2.75) is 19.8 Å². The summed E-state index contributed by atoms with van der Waals surface area (Å²) in [4.78, 5) is 3.98. The van der Waals surface area contributed by atoms with Crippen LogP contribution in [-0.4, -0.2) is 4.98 Å². The first-order chi connectivity index (χ1) is 8.28. The van der Waals surface area contributed by atoms with Gasteiger partial charge in [-0.05, 0) is 36.2 Å². The summed E-state index contributed by atoms with van der Waals surface area (Å²) in [5, 5.41) is 0. The van der Waals surface area contributed by atoms with Crippen molar-refractivity contribution in [1.29, 1.82) is 0 Å². The van der Waals surface area contributed by atoms with Crippen LogP contribution in [0.3, 0.4) is 0 Å². The smallest absolute Gasteiger partial charge is 0.145 e. The fraction of sp³-hybridized carbons (Fsp3) is 0.214. The second-order valence-corrected chi connectivity index (χ2v) is 3.91. The number of anilines is 1. The van der Waals surface area contributed by atoms with Gasteiger partial charge in [0.1, 0.15) is 17.3 Å². The molecule has 0 saturated heterocycles. The Kier molecular flexibility index (Phi) is 3.60. The molecule has 0 aliphatic carbocycles. The zero-order valence-electron chi connectivity index (χ0n) is 9.89. The molecule has 0 unspecified atom stereocenters. The van der Waals surface area contributed by atoms with Gasteiger partial charge < -0.3 is 10.5 Å². The molecule has 2 N–H and O–H groups in total. The van der Waals surface area contributed by atoms with E-state index in [1.54, 1.807) is 12.3 Å². The summed E-state index contributed by atoms with van der Waals surface area (Å²) < 4.78 is 5.65. The number of rotatable bonds is 4. The molecule has 3 heteroatoms. The van der Waals surface area contributed by atoms with Gasteiger partial charge in [-0.15, -0.1) is 0 Å². The van der Waals surface area contributed by atoms with Crippen molar-refractivity contribution in [2.24, 2.45) is 0 Å². The zero-order valence-corrected chi connectivity index (χ0v) is 9.89. The van der Waals surface area contributed by atoms with E-state index in [-0.39, 0.29) is 0 Å². The van der Waals surface area contributed by atoms with E-state index in [1.165, 1.54) is 5.56 Å². The molecule has 1 aromatic heterocycles. The Morgan fingerprint density at radius 1 is 1.06 bits per heavy atom. The average Bonchev–Trinajstić information content (AvgIpc) is 2.35. The normalized spacial score (nSPS) is 10.2. The Hall–Kier alpha value is -2.03. The monoisotopic (exact) mass is 228 g/mol. The van der Waals surface area contributed by atoms with Crippen molar-refractivity contribution < 1.29 is 4.74 Å². The zero-order chi connectivity index (χ0) is 12.1. The van der Waals surface area contributed by atoms with Gasteiger partial charge in [-0.1, -0.05) is 25.5 Å². The maximum absolute atomic E-state index is 5.65. The van der Waals surface area contributed by atoms with E-state index in [9.17, 15) is 0 Å². The molecule has 0 atom stereocenters. The Morgan fingerprint density at radius 3 is 2.35 bits per heavy atom. The minimum Gasteiger partial charge on any atom is -0.456 e. The van der Waals surface area contributed by atoms with E-state index in [4.69, 9.17) is 10.5 Å². The molecule has 0 spiro atoms. The van der Waals surface area contributed by atoms with Gasteiger partial charge in [0, 0.05) is 0 Å². The Labute approximate surface area is 101 Å². The second-order valence-electron chi connectivity index (χ2n) is 3.91. The SMILES string of the molecule is CCCc1ccc(Oc2ccc(N)nc2)cc1. The van der Waals surface area contributed by atoms with Gasteiger partial charge in [0.15, 0.2) is 0 Å². The highest BCUT2D eigenvalue weighted by Crippen LogP contribution is 2.21. The summed E-state index contributed by atoms with van der Waals surface area (Å²) in [6.07, 6.45) is 3.88. The third kappa shape index (κ3) is 3.21. The molecule has 2 rings (SSSR count). The predicted octanol–water partition coefficient (Wildman–Crippen LogP) is 3.41. The molecule has 17 heavy (non-hydrogen) atoms. The number of aromatic nitrogens is 1. The van der Waals surface area contributed by atoms with E-state index < -0.39 is 0 Å². The van der Waals surface area contributed by atoms with Crippen LogP contribution in [-0.2, 0) is 6.42 Å². The largest absolute Gasteiger partial charge is 0.456 e. The maximum Gasteiger partial charge on any atom is 0.145 e. The number of hydrogen-bond donors (Lipinski definition) is 1. The van der Waals surface area contributed by atoms with E-state index in [2.05, 4.69) is 24.0 Å². The highest BCUT2D eigenvalue weighted by Gasteiger charge is 1.98. The summed E-state index contributed by atoms with van der Waals surface area (Å²) in [7, 11) is 0. The number of pyridine rings is 1. The van der Waals surface area contributed by atoms with Gasteiger partial charge in [-0.2, -0.15) is 0 Å². The van der Waals surface area contributed by atoms with E-state index >= 15 is 0 Å². The van der Waals surface area contributed by atoms with Crippen molar-refractivity contribution in [1.82, 2.24) is 4.98 Å². The molecule has 0 aliphatic rings. The molecule has 1 heterocycles. The van der Waals surface area contributed by atoms with Crippen LogP contribution in [0.15, 0.2) is 42.6 Å². The number of aryl methyl sites for hydroxylation is 1. The van der Waals surface area contributed by atoms with Crippen molar-refractivity contribution in [3.05, 3.63) is 48.2 Å². The van der Waals surface area contributed by atoms with Crippen LogP contribution in [0.4, 0.5) is 5.82 Å². The topological polar surface area (TPSA) is 48.1 Å². The predicted molar refractivity (Wildman–Crippen MR) is 69.2 cm³/mol. The minimum absolute atomic E-state index is 0.496. The van der Waals surface area contributed by atoms with E-state index in [0.29, 0.717) is 11.6 Å². The standard InChI is InChI=1S/C14H16N2O/c1-2-3-11-4-6-12(7-5-11)17-13-8-9-14(15)16-10-13/h4-10H,2-3H2,1H3,(H2,15,16). The fourth-order valence-corrected chi connectivity index (χ4v) is 1.60. The van der Waals surface area contributed by atoms with Gasteiger partial charge in [-0.25, -0.2) is 4.98 Å². The van der Waals surface area contributed by atoms with Crippen LogP contribution in [0, 0.1) is 0 Å². The Balaban J connectivity index is 2.05. The van der Waals surface area contributed by atoms with Crippen LogP contribution in [0.1, 0.15) is 18.9 Å². The lowest BCUT2D eigenvalue weighted by molar-refractivity contribution is 0.480. The van der Waals surface area contributed by atoms with E-state index in [0.717, 1.165) is 18.6 Å². The highest BCUT2D eigenvalue weighted by atomic mass is 16.5. The molecule has 3 nitrogen and oxygen atoms in total. The van der Waals surface area contributed by atoms with Crippen LogP contribution >= 0.6 is 0 Å². The third-order valence-electron chi connectivity index (χ3n) is 2.46. The molecule has 0 fully saturated rings. The van der Waals surface area contributed by atoms with Crippen molar-refractivity contribution in [2.75, 3.05) is 5.73 Å². The molecule has 0 saturated carbocycles. The van der Waals surface area contributed by atoms with Gasteiger partial charge in [-0.3, -0.25) is 0 Å². The highest BCUT2D eigenvalue weighted by molar-refractivity contribution is 5.36. The number of nitrogens with zero attached hydrogens (tertiary/aromatic N) is 1. The van der Waals surface area contributed by atoms with Crippen molar-refractivity contribution >= 4 is 5.82 Å². The van der Waals surface area contributed by atoms with Crippen LogP contribution < -0.4 is 10.5 Å². The quantitative estimate of drug-likeness (QED) is 0.872.